The molecule has 0 atom stereocenters. The van der Waals surface area contributed by atoms with Crippen LogP contribution in [0.25, 0.3) is 0 Å². The molecule has 0 saturated carbocycles. The number of likely N-dealkylation sites (N-methyl/N-ethyl adjacent to an activating group) is 1. The summed E-state index contributed by atoms with van der Waals surface area (Å²) >= 11 is 0. The average molecular weight is 277 g/mol. The fraction of sp³-hybridized carbons (Fsp3) is 0.467. The van der Waals surface area contributed by atoms with E-state index in [1.54, 1.807) is 0 Å². The van der Waals surface area contributed by atoms with Crippen LogP contribution in [0.5, 0.6) is 0 Å². The van der Waals surface area contributed by atoms with Gasteiger partial charge in [-0.25, -0.2) is 0 Å². The maximum absolute atomic E-state index is 11.8. The number of rotatable bonds is 6. The summed E-state index contributed by atoms with van der Waals surface area (Å²) in [5, 5.41) is 5.47. The van der Waals surface area contributed by atoms with Crippen molar-refractivity contribution in [1.82, 2.24) is 10.2 Å². The monoisotopic (exact) mass is 277 g/mol. The lowest BCUT2D eigenvalue weighted by Gasteiger charge is -2.11. The number of hydrogen-bond acceptors (Lipinski definition) is 3. The Bertz CT molecular complexity index is 484. The molecule has 0 aromatic heterocycles. The van der Waals surface area contributed by atoms with Gasteiger partial charge in [0.15, 0.2) is 0 Å². The number of nitrogens with zero attached hydrogens (tertiary/aromatic N) is 1. The van der Waals surface area contributed by atoms with Crippen LogP contribution < -0.4 is 10.6 Å². The molecule has 0 aliphatic carbocycles. The molecule has 2 amide bonds. The molecule has 2 N–H and O–H groups in total. The van der Waals surface area contributed by atoms with Crippen molar-refractivity contribution in [1.29, 1.82) is 0 Å². The van der Waals surface area contributed by atoms with Crippen molar-refractivity contribution in [3.63, 3.8) is 0 Å². The molecule has 0 aliphatic heterocycles. The van der Waals surface area contributed by atoms with E-state index in [1.807, 2.05) is 51.0 Å². The van der Waals surface area contributed by atoms with E-state index in [0.29, 0.717) is 6.54 Å². The summed E-state index contributed by atoms with van der Waals surface area (Å²) < 4.78 is 0. The van der Waals surface area contributed by atoms with Crippen LogP contribution in [0.2, 0.25) is 0 Å². The van der Waals surface area contributed by atoms with Gasteiger partial charge in [0.05, 0.1) is 0 Å². The van der Waals surface area contributed by atoms with E-state index in [1.165, 1.54) is 0 Å². The lowest BCUT2D eigenvalue weighted by atomic mass is 10.1. The van der Waals surface area contributed by atoms with Crippen molar-refractivity contribution in [3.05, 3.63) is 29.3 Å². The second-order valence-corrected chi connectivity index (χ2v) is 5.20. The molecule has 0 saturated heterocycles. The summed E-state index contributed by atoms with van der Waals surface area (Å²) in [6, 6.07) is 5.78. The van der Waals surface area contributed by atoms with E-state index in [0.717, 1.165) is 23.4 Å². The summed E-state index contributed by atoms with van der Waals surface area (Å²) in [5.74, 6) is -0.548. The molecular weight excluding hydrogens is 254 g/mol. The summed E-state index contributed by atoms with van der Waals surface area (Å²) in [5.41, 5.74) is 2.88. The summed E-state index contributed by atoms with van der Waals surface area (Å²) in [4.78, 5) is 25.3. The van der Waals surface area contributed by atoms with Crippen molar-refractivity contribution in [2.24, 2.45) is 0 Å². The third-order valence-electron chi connectivity index (χ3n) is 2.86. The molecule has 1 rings (SSSR count). The lowest BCUT2D eigenvalue weighted by Crippen LogP contribution is -2.33. The Hall–Kier alpha value is -1.88. The van der Waals surface area contributed by atoms with Crippen LogP contribution in [-0.2, 0) is 9.59 Å². The molecule has 20 heavy (non-hydrogen) atoms. The maximum Gasteiger partial charge on any atom is 0.233 e. The molecule has 0 unspecified atom stereocenters. The highest BCUT2D eigenvalue weighted by molar-refractivity contribution is 6.03. The number of anilines is 1. The van der Waals surface area contributed by atoms with Crippen molar-refractivity contribution < 1.29 is 9.59 Å². The molecule has 0 radical (unpaired) electrons. The number of aryl methyl sites for hydroxylation is 2. The van der Waals surface area contributed by atoms with Gasteiger partial charge in [-0.2, -0.15) is 0 Å². The largest absolute Gasteiger partial charge is 0.354 e. The van der Waals surface area contributed by atoms with Crippen LogP contribution in [0.15, 0.2) is 18.2 Å². The van der Waals surface area contributed by atoms with E-state index in [4.69, 9.17) is 0 Å². The first-order valence-corrected chi connectivity index (χ1v) is 6.67. The molecule has 0 spiro atoms. The molecule has 0 bridgehead atoms. The first kappa shape index (κ1) is 16.2. The standard InChI is InChI=1S/C15H23N3O2/c1-11-5-6-13(12(2)9-11)17-15(20)10-14(19)16-7-8-18(3)4/h5-6,9H,7-8,10H2,1-4H3,(H,16,19)(H,17,20). The van der Waals surface area contributed by atoms with Gasteiger partial charge in [0, 0.05) is 18.8 Å². The molecule has 1 aromatic rings. The highest BCUT2D eigenvalue weighted by Gasteiger charge is 2.10. The zero-order valence-electron chi connectivity index (χ0n) is 12.6. The van der Waals surface area contributed by atoms with E-state index in [-0.39, 0.29) is 18.2 Å². The molecule has 0 heterocycles. The minimum absolute atomic E-state index is 0.152. The van der Waals surface area contributed by atoms with Crippen molar-refractivity contribution in [2.75, 3.05) is 32.5 Å². The van der Waals surface area contributed by atoms with E-state index < -0.39 is 0 Å². The van der Waals surface area contributed by atoms with Crippen molar-refractivity contribution in [2.45, 2.75) is 20.3 Å². The van der Waals surface area contributed by atoms with Crippen molar-refractivity contribution in [3.8, 4) is 0 Å². The third kappa shape index (κ3) is 5.84. The molecule has 5 heteroatoms. The topological polar surface area (TPSA) is 61.4 Å². The van der Waals surface area contributed by atoms with Crippen molar-refractivity contribution >= 4 is 17.5 Å². The zero-order valence-corrected chi connectivity index (χ0v) is 12.6. The van der Waals surface area contributed by atoms with Crippen LogP contribution in [-0.4, -0.2) is 43.9 Å². The maximum atomic E-state index is 11.8. The summed E-state index contributed by atoms with van der Waals surface area (Å²) in [6.45, 7) is 5.23. The van der Waals surface area contributed by atoms with Crippen LogP contribution in [0.3, 0.4) is 0 Å². The van der Waals surface area contributed by atoms with Gasteiger partial charge in [0.2, 0.25) is 11.8 Å². The minimum Gasteiger partial charge on any atom is -0.354 e. The van der Waals surface area contributed by atoms with Gasteiger partial charge >= 0.3 is 0 Å². The van der Waals surface area contributed by atoms with Crippen LogP contribution in [0.1, 0.15) is 17.5 Å². The Morgan fingerprint density at radius 2 is 1.85 bits per heavy atom. The molecule has 0 aliphatic rings. The normalized spacial score (nSPS) is 10.4. The number of amides is 2. The SMILES string of the molecule is Cc1ccc(NC(=O)CC(=O)NCCN(C)C)c(C)c1. The fourth-order valence-electron chi connectivity index (χ4n) is 1.78. The van der Waals surface area contributed by atoms with Gasteiger partial charge in [-0.1, -0.05) is 17.7 Å². The molecule has 110 valence electrons. The minimum atomic E-state index is -0.292. The zero-order chi connectivity index (χ0) is 15.1. The number of carbonyl (C=O) groups excluding carboxylic acids is 2. The van der Waals surface area contributed by atoms with Gasteiger partial charge < -0.3 is 15.5 Å². The Kier molecular flexibility index (Phi) is 6.18. The highest BCUT2D eigenvalue weighted by Crippen LogP contribution is 2.16. The smallest absolute Gasteiger partial charge is 0.233 e. The Labute approximate surface area is 120 Å². The van der Waals surface area contributed by atoms with Gasteiger partial charge in [0.1, 0.15) is 6.42 Å². The second-order valence-electron chi connectivity index (χ2n) is 5.20. The number of hydrogen-bond donors (Lipinski definition) is 2. The van der Waals surface area contributed by atoms with Crippen LogP contribution in [0.4, 0.5) is 5.69 Å². The predicted molar refractivity (Wildman–Crippen MR) is 80.7 cm³/mol. The highest BCUT2D eigenvalue weighted by atomic mass is 16.2. The average Bonchev–Trinajstić information content (AvgIpc) is 2.32. The third-order valence-corrected chi connectivity index (χ3v) is 2.86. The number of nitrogens with one attached hydrogen (secondary N) is 2. The fourth-order valence-corrected chi connectivity index (χ4v) is 1.78. The van der Waals surface area contributed by atoms with Crippen LogP contribution >= 0.6 is 0 Å². The molecule has 0 fully saturated rings. The van der Waals surface area contributed by atoms with Gasteiger partial charge in [-0.05, 0) is 39.6 Å². The predicted octanol–water partition coefficient (Wildman–Crippen LogP) is 1.31. The summed E-state index contributed by atoms with van der Waals surface area (Å²) in [7, 11) is 3.86. The number of benzene rings is 1. The van der Waals surface area contributed by atoms with E-state index >= 15 is 0 Å². The van der Waals surface area contributed by atoms with E-state index in [9.17, 15) is 9.59 Å². The quantitative estimate of drug-likeness (QED) is 0.771. The molecule has 1 aromatic carbocycles. The lowest BCUT2D eigenvalue weighted by molar-refractivity contribution is -0.126. The van der Waals surface area contributed by atoms with Crippen LogP contribution in [0, 0.1) is 13.8 Å². The Morgan fingerprint density at radius 1 is 1.15 bits per heavy atom. The molecule has 5 nitrogen and oxygen atoms in total. The first-order chi connectivity index (χ1) is 9.38. The van der Waals surface area contributed by atoms with E-state index in [2.05, 4.69) is 10.6 Å². The Morgan fingerprint density at radius 3 is 2.45 bits per heavy atom. The molecular formula is C15H23N3O2. The van der Waals surface area contributed by atoms with Gasteiger partial charge in [-0.15, -0.1) is 0 Å². The second kappa shape index (κ2) is 7.65. The first-order valence-electron chi connectivity index (χ1n) is 6.67. The summed E-state index contributed by atoms with van der Waals surface area (Å²) in [6.07, 6.45) is -0.152. The van der Waals surface area contributed by atoms with Gasteiger partial charge in [0.25, 0.3) is 0 Å². The Balaban J connectivity index is 2.41. The van der Waals surface area contributed by atoms with Gasteiger partial charge in [-0.3, -0.25) is 9.59 Å². The number of carbonyl (C=O) groups is 2.